The summed E-state index contributed by atoms with van der Waals surface area (Å²) < 4.78 is 44.6. The molecular weight excluding hydrogens is 665 g/mol. The number of benzene rings is 1. The predicted octanol–water partition coefficient (Wildman–Crippen LogP) is 1.36. The maximum atomic E-state index is 14.0. The normalized spacial score (nSPS) is 25.8. The van der Waals surface area contributed by atoms with Gasteiger partial charge >= 0.3 is 18.0 Å². The lowest BCUT2D eigenvalue weighted by molar-refractivity contribution is -0.140. The number of carbonyl (C=O) groups is 3. The number of carbonyl (C=O) groups excluding carboxylic acids is 2. The molecule has 0 saturated carbocycles. The van der Waals surface area contributed by atoms with Crippen LogP contribution >= 0.6 is 22.9 Å². The van der Waals surface area contributed by atoms with Crippen LogP contribution < -0.4 is 5.32 Å². The molecule has 0 aliphatic carbocycles. The first-order valence-corrected chi connectivity index (χ1v) is 17.5. The Labute approximate surface area is 273 Å². The number of piperazine rings is 1. The highest BCUT2D eigenvalue weighted by molar-refractivity contribution is 7.88. The van der Waals surface area contributed by atoms with Crippen LogP contribution in [0.1, 0.15) is 23.0 Å². The van der Waals surface area contributed by atoms with Gasteiger partial charge in [-0.05, 0) is 18.6 Å². The lowest BCUT2D eigenvalue weighted by atomic mass is 9.95. The Morgan fingerprint density at radius 3 is 2.61 bits per heavy atom. The number of ether oxygens (including phenoxy) is 1. The molecule has 246 valence electrons. The monoisotopic (exact) mass is 695 g/mol. The predicted molar refractivity (Wildman–Crippen MR) is 165 cm³/mol. The number of methoxy groups -OCH3 is 1. The number of aliphatic imine (C=N–C) groups is 1. The summed E-state index contributed by atoms with van der Waals surface area (Å²) in [6, 6.07) is 0.651. The Kier molecular flexibility index (Phi) is 8.79. The number of esters is 1. The van der Waals surface area contributed by atoms with E-state index in [0.29, 0.717) is 48.3 Å². The number of nitrogens with zero attached hydrogens (tertiary/aromatic N) is 6. The van der Waals surface area contributed by atoms with Gasteiger partial charge in [-0.15, -0.1) is 11.3 Å². The molecule has 5 heterocycles. The fourth-order valence-electron chi connectivity index (χ4n) is 6.54. The summed E-state index contributed by atoms with van der Waals surface area (Å²) >= 11 is 7.80. The highest BCUT2D eigenvalue weighted by Gasteiger charge is 2.50. The second-order valence-electron chi connectivity index (χ2n) is 11.5. The summed E-state index contributed by atoms with van der Waals surface area (Å²) in [5.41, 5.74) is 1.11. The van der Waals surface area contributed by atoms with E-state index in [1.165, 1.54) is 30.6 Å². The third-order valence-electron chi connectivity index (χ3n) is 8.66. The van der Waals surface area contributed by atoms with Crippen molar-refractivity contribution in [3.8, 4) is 0 Å². The number of rotatable bonds is 8. The molecule has 0 bridgehead atoms. The van der Waals surface area contributed by atoms with Crippen molar-refractivity contribution in [1.29, 1.82) is 0 Å². The number of hydrogen-bond donors (Lipinski definition) is 2. The smallest absolute Gasteiger partial charge is 0.338 e. The van der Waals surface area contributed by atoms with Gasteiger partial charge in [0.15, 0.2) is 10.8 Å². The van der Waals surface area contributed by atoms with Gasteiger partial charge in [-0.3, -0.25) is 14.7 Å². The zero-order chi connectivity index (χ0) is 32.9. The van der Waals surface area contributed by atoms with Crippen molar-refractivity contribution < 1.29 is 37.0 Å². The Morgan fingerprint density at radius 1 is 1.20 bits per heavy atom. The number of sulfonamides is 1. The van der Waals surface area contributed by atoms with E-state index in [0.717, 1.165) is 16.6 Å². The number of hydrogen-bond acceptors (Lipinski definition) is 11. The topological polar surface area (TPSA) is 165 Å². The van der Waals surface area contributed by atoms with Gasteiger partial charge in [0, 0.05) is 73.2 Å². The van der Waals surface area contributed by atoms with Crippen molar-refractivity contribution in [2.75, 3.05) is 52.6 Å². The molecule has 2 amide bonds. The number of nitrogens with one attached hydrogen (secondary N) is 1. The van der Waals surface area contributed by atoms with Crippen molar-refractivity contribution in [3.05, 3.63) is 62.5 Å². The molecule has 2 unspecified atom stereocenters. The molecule has 4 aliphatic rings. The van der Waals surface area contributed by atoms with Crippen LogP contribution in [-0.4, -0.2) is 132 Å². The molecule has 46 heavy (non-hydrogen) atoms. The van der Waals surface area contributed by atoms with E-state index in [9.17, 15) is 32.3 Å². The number of aromatic nitrogens is 1. The average Bonchev–Trinajstić information content (AvgIpc) is 3.76. The van der Waals surface area contributed by atoms with Crippen LogP contribution in [0.2, 0.25) is 5.02 Å². The van der Waals surface area contributed by atoms with E-state index < -0.39 is 45.9 Å². The summed E-state index contributed by atoms with van der Waals surface area (Å²) in [6.07, 6.45) is 2.60. The molecule has 18 heteroatoms. The summed E-state index contributed by atoms with van der Waals surface area (Å²) in [7, 11) is -2.53. The molecule has 4 atom stereocenters. The molecule has 3 fully saturated rings. The standard InChI is InChI=1S/C28H31ClFN7O7S2/c1-44-27(40)22-20(32-24(25-31-5-8-45-25)33-23(22)18-4-3-15(30)9-19(18)29)14-34-6-7-35-17(11-34)12-36(28(35)41)16-10-21(26(38)39)37(13-16)46(2,42)43/h3-5,8-9,16-17,21,23H,6-7,10-14H2,1-2H3,(H,32,33)(H,38,39)/t16-,17?,21+,23?/m0/s1. The van der Waals surface area contributed by atoms with Crippen molar-refractivity contribution in [2.45, 2.75) is 30.6 Å². The Morgan fingerprint density at radius 2 is 1.98 bits per heavy atom. The number of carboxylic acid groups (broad SMARTS) is 1. The number of carboxylic acids is 1. The molecule has 1 aromatic heterocycles. The first kappa shape index (κ1) is 32.3. The maximum Gasteiger partial charge on any atom is 0.338 e. The second kappa shape index (κ2) is 12.5. The third kappa shape index (κ3) is 6.09. The highest BCUT2D eigenvalue weighted by atomic mass is 35.5. The van der Waals surface area contributed by atoms with Crippen molar-refractivity contribution in [3.63, 3.8) is 0 Å². The fraction of sp³-hybridized carbons (Fsp3) is 0.464. The van der Waals surface area contributed by atoms with Crippen LogP contribution in [0, 0.1) is 5.82 Å². The molecule has 4 aliphatic heterocycles. The summed E-state index contributed by atoms with van der Waals surface area (Å²) in [6.45, 7) is 1.70. The zero-order valence-electron chi connectivity index (χ0n) is 24.8. The van der Waals surface area contributed by atoms with Gasteiger partial charge in [-0.2, -0.15) is 4.31 Å². The van der Waals surface area contributed by atoms with Gasteiger partial charge in [0.25, 0.3) is 0 Å². The number of halogens is 2. The van der Waals surface area contributed by atoms with Gasteiger partial charge in [-0.25, -0.2) is 27.4 Å². The number of amides is 2. The number of amidine groups is 1. The van der Waals surface area contributed by atoms with Crippen LogP contribution in [0.5, 0.6) is 0 Å². The quantitative estimate of drug-likeness (QED) is 0.386. The number of urea groups is 1. The lowest BCUT2D eigenvalue weighted by Crippen LogP contribution is -2.53. The molecule has 6 rings (SSSR count). The minimum atomic E-state index is -3.79. The molecule has 14 nitrogen and oxygen atoms in total. The largest absolute Gasteiger partial charge is 0.480 e. The minimum Gasteiger partial charge on any atom is -0.480 e. The maximum absolute atomic E-state index is 14.0. The first-order valence-electron chi connectivity index (χ1n) is 14.4. The number of aliphatic carboxylic acids is 1. The number of fused-ring (bicyclic) bond motifs is 1. The van der Waals surface area contributed by atoms with E-state index >= 15 is 0 Å². The Balaban J connectivity index is 1.26. The van der Waals surface area contributed by atoms with E-state index in [-0.39, 0.29) is 42.2 Å². The summed E-state index contributed by atoms with van der Waals surface area (Å²) in [5, 5.41) is 15.4. The average molecular weight is 696 g/mol. The SMILES string of the molecule is COC(=O)C1=C(CN2CCN3C(=O)N([C@H]4C[C@H](C(=O)O)N(S(C)(=O)=O)C4)CC3C2)NC(c2nccs2)=NC1c1ccc(F)cc1Cl. The van der Waals surface area contributed by atoms with E-state index in [4.69, 9.17) is 21.3 Å². The fourth-order valence-corrected chi connectivity index (χ4v) is 8.48. The lowest BCUT2D eigenvalue weighted by Gasteiger charge is -2.38. The number of thiazole rings is 1. The van der Waals surface area contributed by atoms with E-state index in [1.807, 2.05) is 0 Å². The molecule has 1 aromatic carbocycles. The molecule has 2 aromatic rings. The van der Waals surface area contributed by atoms with Gasteiger partial charge in [0.05, 0.1) is 25.0 Å². The van der Waals surface area contributed by atoms with Gasteiger partial charge < -0.3 is 25.0 Å². The summed E-state index contributed by atoms with van der Waals surface area (Å²) in [5.74, 6) is -2.01. The second-order valence-corrected chi connectivity index (χ2v) is 14.7. The van der Waals surface area contributed by atoms with Crippen LogP contribution in [0.25, 0.3) is 0 Å². The Hall–Kier alpha value is -3.64. The van der Waals surface area contributed by atoms with Crippen LogP contribution in [-0.2, 0) is 24.3 Å². The Bertz CT molecular complexity index is 1740. The molecular formula is C28H31ClFN7O7S2. The van der Waals surface area contributed by atoms with Gasteiger partial charge in [0.2, 0.25) is 10.0 Å². The van der Waals surface area contributed by atoms with Crippen molar-refractivity contribution in [1.82, 2.24) is 29.3 Å². The van der Waals surface area contributed by atoms with Crippen LogP contribution in [0.3, 0.4) is 0 Å². The van der Waals surface area contributed by atoms with Crippen LogP contribution in [0.15, 0.2) is 46.0 Å². The van der Waals surface area contributed by atoms with Gasteiger partial charge in [-0.1, -0.05) is 17.7 Å². The van der Waals surface area contributed by atoms with E-state index in [1.54, 1.807) is 21.4 Å². The highest BCUT2D eigenvalue weighted by Crippen LogP contribution is 2.37. The minimum absolute atomic E-state index is 0.00388. The molecule has 2 N–H and O–H groups in total. The third-order valence-corrected chi connectivity index (χ3v) is 11.0. The molecule has 0 radical (unpaired) electrons. The molecule has 3 saturated heterocycles. The zero-order valence-corrected chi connectivity index (χ0v) is 27.2. The van der Waals surface area contributed by atoms with Crippen molar-refractivity contribution in [2.24, 2.45) is 4.99 Å². The van der Waals surface area contributed by atoms with Gasteiger partial charge in [0.1, 0.15) is 17.9 Å². The van der Waals surface area contributed by atoms with E-state index in [2.05, 4.69) is 15.2 Å². The van der Waals surface area contributed by atoms with Crippen LogP contribution in [0.4, 0.5) is 9.18 Å². The first-order chi connectivity index (χ1) is 21.8. The summed E-state index contributed by atoms with van der Waals surface area (Å²) in [4.78, 5) is 53.0. The van der Waals surface area contributed by atoms with Crippen molar-refractivity contribution >= 4 is 56.8 Å². The molecule has 0 spiro atoms.